The van der Waals surface area contributed by atoms with Gasteiger partial charge >= 0.3 is 6.03 Å². The number of urea groups is 1. The van der Waals surface area contributed by atoms with E-state index in [0.29, 0.717) is 19.5 Å². The molecule has 2 N–H and O–H groups in total. The van der Waals surface area contributed by atoms with Gasteiger partial charge in [0.2, 0.25) is 5.91 Å². The van der Waals surface area contributed by atoms with E-state index in [-0.39, 0.29) is 11.9 Å². The van der Waals surface area contributed by atoms with Crippen molar-refractivity contribution in [1.82, 2.24) is 10.2 Å². The number of carbonyl (C=O) groups is 2. The zero-order valence-corrected chi connectivity index (χ0v) is 16.5. The molecule has 3 amide bonds. The van der Waals surface area contributed by atoms with Crippen LogP contribution in [-0.2, 0) is 24.2 Å². The largest absolute Gasteiger partial charge is 0.497 e. The second kappa shape index (κ2) is 9.26. The van der Waals surface area contributed by atoms with E-state index in [1.165, 1.54) is 5.56 Å². The first kappa shape index (κ1) is 19.7. The third-order valence-corrected chi connectivity index (χ3v) is 4.99. The van der Waals surface area contributed by atoms with Gasteiger partial charge in [0.15, 0.2) is 0 Å². The molecule has 0 aromatic heterocycles. The Balaban J connectivity index is 1.51. The maximum atomic E-state index is 12.2. The van der Waals surface area contributed by atoms with Crippen LogP contribution in [0.15, 0.2) is 42.5 Å². The lowest BCUT2D eigenvalue weighted by Crippen LogP contribution is -2.35. The van der Waals surface area contributed by atoms with Crippen LogP contribution in [-0.4, -0.2) is 37.0 Å². The first-order valence-corrected chi connectivity index (χ1v) is 9.66. The Morgan fingerprint density at radius 3 is 2.61 bits per heavy atom. The van der Waals surface area contributed by atoms with Crippen LogP contribution < -0.4 is 15.4 Å². The average molecular weight is 381 g/mol. The van der Waals surface area contributed by atoms with Gasteiger partial charge in [-0.05, 0) is 53.8 Å². The normalized spacial score (nSPS) is 12.9. The molecule has 2 aromatic rings. The monoisotopic (exact) mass is 381 g/mol. The molecule has 0 fully saturated rings. The number of hydrogen-bond acceptors (Lipinski definition) is 3. The fourth-order valence-corrected chi connectivity index (χ4v) is 3.36. The first-order chi connectivity index (χ1) is 13.6. The molecule has 0 unspecified atom stereocenters. The number of fused-ring (bicyclic) bond motifs is 1. The van der Waals surface area contributed by atoms with Gasteiger partial charge in [-0.15, -0.1) is 0 Å². The van der Waals surface area contributed by atoms with Gasteiger partial charge in [-0.3, -0.25) is 4.79 Å². The summed E-state index contributed by atoms with van der Waals surface area (Å²) in [5.41, 5.74) is 4.22. The molecule has 1 heterocycles. The van der Waals surface area contributed by atoms with Gasteiger partial charge < -0.3 is 20.3 Å². The van der Waals surface area contributed by atoms with Crippen LogP contribution in [0.2, 0.25) is 0 Å². The highest BCUT2D eigenvalue weighted by Gasteiger charge is 2.19. The quantitative estimate of drug-likeness (QED) is 0.806. The topological polar surface area (TPSA) is 70.7 Å². The predicted molar refractivity (Wildman–Crippen MR) is 110 cm³/mol. The number of amides is 3. The van der Waals surface area contributed by atoms with Gasteiger partial charge in [0.05, 0.1) is 7.11 Å². The zero-order valence-electron chi connectivity index (χ0n) is 16.5. The molecule has 0 bridgehead atoms. The van der Waals surface area contributed by atoms with Crippen molar-refractivity contribution >= 4 is 17.6 Å². The standard InChI is InChI=1S/C22H27N3O3/c1-3-21(26)25-13-11-17-6-7-19(14-18(17)15-25)24-22(27)23-12-10-16-4-8-20(28-2)9-5-16/h4-9,14H,3,10-13,15H2,1-2H3,(H2,23,24,27). The fraction of sp³-hybridized carbons (Fsp3) is 0.364. The summed E-state index contributed by atoms with van der Waals surface area (Å²) >= 11 is 0. The lowest BCUT2D eigenvalue weighted by atomic mass is 9.99. The Hall–Kier alpha value is -3.02. The van der Waals surface area contributed by atoms with Crippen molar-refractivity contribution in [2.45, 2.75) is 32.7 Å². The summed E-state index contributed by atoms with van der Waals surface area (Å²) in [5.74, 6) is 0.987. The van der Waals surface area contributed by atoms with Crippen LogP contribution in [0.25, 0.3) is 0 Å². The summed E-state index contributed by atoms with van der Waals surface area (Å²) in [6, 6.07) is 13.5. The molecule has 1 aliphatic rings. The number of methoxy groups -OCH3 is 1. The number of rotatable bonds is 6. The van der Waals surface area contributed by atoms with Crippen LogP contribution in [0.5, 0.6) is 5.75 Å². The van der Waals surface area contributed by atoms with E-state index in [0.717, 1.165) is 42.0 Å². The SMILES string of the molecule is CCC(=O)N1CCc2ccc(NC(=O)NCCc3ccc(OC)cc3)cc2C1. The molecule has 0 aliphatic carbocycles. The minimum atomic E-state index is -0.231. The van der Waals surface area contributed by atoms with E-state index < -0.39 is 0 Å². The number of carbonyl (C=O) groups excluding carboxylic acids is 2. The van der Waals surface area contributed by atoms with Crippen LogP contribution in [0.4, 0.5) is 10.5 Å². The van der Waals surface area contributed by atoms with E-state index in [1.54, 1.807) is 7.11 Å². The Labute approximate surface area is 165 Å². The number of nitrogens with one attached hydrogen (secondary N) is 2. The molecule has 0 saturated heterocycles. The molecule has 28 heavy (non-hydrogen) atoms. The van der Waals surface area contributed by atoms with Crippen molar-refractivity contribution in [2.24, 2.45) is 0 Å². The number of ether oxygens (including phenoxy) is 1. The van der Waals surface area contributed by atoms with E-state index >= 15 is 0 Å². The van der Waals surface area contributed by atoms with Gasteiger partial charge in [-0.2, -0.15) is 0 Å². The van der Waals surface area contributed by atoms with Crippen LogP contribution in [0.3, 0.4) is 0 Å². The highest BCUT2D eigenvalue weighted by Crippen LogP contribution is 2.23. The van der Waals surface area contributed by atoms with Gasteiger partial charge in [0, 0.05) is 31.7 Å². The lowest BCUT2D eigenvalue weighted by molar-refractivity contribution is -0.131. The second-order valence-electron chi connectivity index (χ2n) is 6.88. The summed E-state index contributed by atoms with van der Waals surface area (Å²) in [6.45, 7) is 3.79. The first-order valence-electron chi connectivity index (χ1n) is 9.66. The van der Waals surface area contributed by atoms with Crippen molar-refractivity contribution in [3.63, 3.8) is 0 Å². The molecule has 0 spiro atoms. The number of hydrogen-bond donors (Lipinski definition) is 2. The third kappa shape index (κ3) is 5.03. The molecule has 2 aromatic carbocycles. The summed E-state index contributed by atoms with van der Waals surface area (Å²) in [7, 11) is 1.64. The highest BCUT2D eigenvalue weighted by atomic mass is 16.5. The summed E-state index contributed by atoms with van der Waals surface area (Å²) < 4.78 is 5.14. The molecule has 6 nitrogen and oxygen atoms in total. The molecule has 148 valence electrons. The zero-order chi connectivity index (χ0) is 19.9. The van der Waals surface area contributed by atoms with Crippen molar-refractivity contribution in [3.8, 4) is 5.75 Å². The Morgan fingerprint density at radius 2 is 1.89 bits per heavy atom. The number of nitrogens with zero attached hydrogens (tertiary/aromatic N) is 1. The van der Waals surface area contributed by atoms with E-state index in [4.69, 9.17) is 4.74 Å². The van der Waals surface area contributed by atoms with E-state index in [2.05, 4.69) is 10.6 Å². The van der Waals surface area contributed by atoms with Crippen molar-refractivity contribution in [1.29, 1.82) is 0 Å². The van der Waals surface area contributed by atoms with Gasteiger partial charge in [-0.25, -0.2) is 4.79 Å². The number of anilines is 1. The summed E-state index contributed by atoms with van der Waals surface area (Å²) in [6.07, 6.45) is 2.12. The highest BCUT2D eigenvalue weighted by molar-refractivity contribution is 5.89. The molecule has 1 aliphatic heterocycles. The Kier molecular flexibility index (Phi) is 6.53. The van der Waals surface area contributed by atoms with Gasteiger partial charge in [0.1, 0.15) is 5.75 Å². The fourth-order valence-electron chi connectivity index (χ4n) is 3.36. The van der Waals surface area contributed by atoms with Gasteiger partial charge in [0.25, 0.3) is 0 Å². The molecular formula is C22H27N3O3. The van der Waals surface area contributed by atoms with Gasteiger partial charge in [-0.1, -0.05) is 25.1 Å². The average Bonchev–Trinajstić information content (AvgIpc) is 2.73. The molecule has 6 heteroatoms. The summed E-state index contributed by atoms with van der Waals surface area (Å²) in [4.78, 5) is 26.0. The van der Waals surface area contributed by atoms with E-state index in [9.17, 15) is 9.59 Å². The Morgan fingerprint density at radius 1 is 1.11 bits per heavy atom. The van der Waals surface area contributed by atoms with Crippen molar-refractivity contribution < 1.29 is 14.3 Å². The molecule has 0 atom stereocenters. The molecule has 0 saturated carbocycles. The predicted octanol–water partition coefficient (Wildman–Crippen LogP) is 3.35. The van der Waals surface area contributed by atoms with E-state index in [1.807, 2.05) is 54.3 Å². The van der Waals surface area contributed by atoms with Crippen LogP contribution in [0, 0.1) is 0 Å². The minimum absolute atomic E-state index is 0.167. The van der Waals surface area contributed by atoms with Crippen LogP contribution in [0.1, 0.15) is 30.0 Å². The maximum Gasteiger partial charge on any atom is 0.319 e. The summed E-state index contributed by atoms with van der Waals surface area (Å²) in [5, 5.41) is 5.76. The smallest absolute Gasteiger partial charge is 0.319 e. The third-order valence-electron chi connectivity index (χ3n) is 4.99. The molecule has 0 radical (unpaired) electrons. The maximum absolute atomic E-state index is 12.2. The number of benzene rings is 2. The minimum Gasteiger partial charge on any atom is -0.497 e. The van der Waals surface area contributed by atoms with Crippen LogP contribution >= 0.6 is 0 Å². The Bertz CT molecular complexity index is 833. The molecule has 3 rings (SSSR count). The lowest BCUT2D eigenvalue weighted by Gasteiger charge is -2.29. The second-order valence-corrected chi connectivity index (χ2v) is 6.88. The van der Waals surface area contributed by atoms with Crippen molar-refractivity contribution in [2.75, 3.05) is 25.5 Å². The van der Waals surface area contributed by atoms with Crippen molar-refractivity contribution in [3.05, 3.63) is 59.2 Å². The molecular weight excluding hydrogens is 354 g/mol.